The molecule has 0 unspecified atom stereocenters. The molecule has 2 aliphatic rings. The van der Waals surface area contributed by atoms with Crippen molar-refractivity contribution in [3.63, 3.8) is 0 Å². The zero-order chi connectivity index (χ0) is 21.2. The summed E-state index contributed by atoms with van der Waals surface area (Å²) in [5, 5.41) is 10.4. The van der Waals surface area contributed by atoms with Crippen molar-refractivity contribution in [3.8, 4) is 17.6 Å². The average molecular weight is 401 g/mol. The quantitative estimate of drug-likeness (QED) is 0.621. The number of methoxy groups -OCH3 is 1. The van der Waals surface area contributed by atoms with Gasteiger partial charge < -0.3 is 24.5 Å². The van der Waals surface area contributed by atoms with Gasteiger partial charge in [-0.05, 0) is 30.3 Å². The fourth-order valence-electron chi connectivity index (χ4n) is 4.35. The van der Waals surface area contributed by atoms with Gasteiger partial charge in [0.15, 0.2) is 11.2 Å². The fourth-order valence-corrected chi connectivity index (χ4v) is 4.35. The maximum atomic E-state index is 13.7. The summed E-state index contributed by atoms with van der Waals surface area (Å²) < 4.78 is 16.6. The van der Waals surface area contributed by atoms with Crippen LogP contribution in [0, 0.1) is 11.3 Å². The molecule has 1 aromatic heterocycles. The number of rotatable bonds is 1. The lowest BCUT2D eigenvalue weighted by molar-refractivity contribution is -0.120. The Labute approximate surface area is 170 Å². The maximum Gasteiger partial charge on any atom is 0.345 e. The van der Waals surface area contributed by atoms with Gasteiger partial charge in [-0.1, -0.05) is 12.1 Å². The number of carbonyl (C=O) groups excluding carboxylic acids is 1. The highest BCUT2D eigenvalue weighted by atomic mass is 16.5. The molecule has 0 aliphatic carbocycles. The summed E-state index contributed by atoms with van der Waals surface area (Å²) in [6.45, 7) is 0. The molecule has 2 N–H and O–H groups in total. The summed E-state index contributed by atoms with van der Waals surface area (Å²) in [4.78, 5) is 28.3. The van der Waals surface area contributed by atoms with Gasteiger partial charge in [-0.25, -0.2) is 4.79 Å². The van der Waals surface area contributed by atoms with Crippen molar-refractivity contribution in [1.29, 1.82) is 5.26 Å². The summed E-state index contributed by atoms with van der Waals surface area (Å²) >= 11 is 0. The second kappa shape index (κ2) is 5.87. The minimum atomic E-state index is -1.80. The van der Waals surface area contributed by atoms with E-state index in [0.29, 0.717) is 22.4 Å². The molecule has 1 atom stereocenters. The third-order valence-electron chi connectivity index (χ3n) is 5.68. The Balaban J connectivity index is 2.02. The molecule has 3 heterocycles. The van der Waals surface area contributed by atoms with Crippen molar-refractivity contribution < 1.29 is 18.7 Å². The van der Waals surface area contributed by atoms with Crippen molar-refractivity contribution in [1.82, 2.24) is 0 Å². The SMILES string of the molecule is COc1ccc2c(c1)[C@]1(C(=O)N2C)C(C#N)=C(N)Oc2c1c(=O)oc1ccccc21. The number of nitriles is 1. The first kappa shape index (κ1) is 17.8. The van der Waals surface area contributed by atoms with Gasteiger partial charge in [-0.2, -0.15) is 5.26 Å². The number of para-hydroxylation sites is 1. The van der Waals surface area contributed by atoms with Crippen molar-refractivity contribution in [2.45, 2.75) is 5.41 Å². The van der Waals surface area contributed by atoms with Crippen LogP contribution in [0.5, 0.6) is 11.5 Å². The van der Waals surface area contributed by atoms with Gasteiger partial charge in [0.2, 0.25) is 11.8 Å². The van der Waals surface area contributed by atoms with Crippen LogP contribution >= 0.6 is 0 Å². The van der Waals surface area contributed by atoms with Crippen LogP contribution in [0.2, 0.25) is 0 Å². The minimum Gasteiger partial charge on any atom is -0.497 e. The lowest BCUT2D eigenvalue weighted by atomic mass is 9.69. The Kier molecular flexibility index (Phi) is 3.49. The molecule has 0 saturated carbocycles. The fraction of sp³-hybridized carbons (Fsp3) is 0.136. The number of hydrogen-bond donors (Lipinski definition) is 1. The van der Waals surface area contributed by atoms with Crippen LogP contribution in [-0.2, 0) is 10.2 Å². The molecule has 148 valence electrons. The van der Waals surface area contributed by atoms with Gasteiger partial charge in [0.1, 0.15) is 28.5 Å². The summed E-state index contributed by atoms with van der Waals surface area (Å²) in [7, 11) is 3.06. The van der Waals surface area contributed by atoms with E-state index in [1.54, 1.807) is 49.5 Å². The van der Waals surface area contributed by atoms with E-state index >= 15 is 0 Å². The molecule has 5 rings (SSSR count). The zero-order valence-electron chi connectivity index (χ0n) is 16.1. The Bertz CT molecular complexity index is 1400. The van der Waals surface area contributed by atoms with Crippen LogP contribution in [0.25, 0.3) is 11.0 Å². The highest BCUT2D eigenvalue weighted by Crippen LogP contribution is 2.55. The molecule has 3 aromatic rings. The van der Waals surface area contributed by atoms with Crippen LogP contribution in [0.4, 0.5) is 5.69 Å². The van der Waals surface area contributed by atoms with E-state index in [2.05, 4.69) is 0 Å². The van der Waals surface area contributed by atoms with E-state index in [0.717, 1.165) is 0 Å². The number of benzene rings is 2. The van der Waals surface area contributed by atoms with Gasteiger partial charge in [-0.3, -0.25) is 4.79 Å². The number of anilines is 1. The zero-order valence-corrected chi connectivity index (χ0v) is 16.1. The van der Waals surface area contributed by atoms with Crippen molar-refractivity contribution in [3.05, 3.63) is 75.5 Å². The Morgan fingerprint density at radius 3 is 2.70 bits per heavy atom. The predicted octanol–water partition coefficient (Wildman–Crippen LogP) is 2.15. The molecule has 2 aromatic carbocycles. The van der Waals surface area contributed by atoms with Gasteiger partial charge in [0, 0.05) is 18.3 Å². The average Bonchev–Trinajstić information content (AvgIpc) is 2.96. The molecule has 8 heteroatoms. The maximum absolute atomic E-state index is 13.7. The molecule has 2 aliphatic heterocycles. The summed E-state index contributed by atoms with van der Waals surface area (Å²) in [5.41, 5.74) is 4.54. The topological polar surface area (TPSA) is 119 Å². The number of hydrogen-bond acceptors (Lipinski definition) is 7. The molecule has 0 saturated heterocycles. The molecule has 0 bridgehead atoms. The van der Waals surface area contributed by atoms with E-state index in [1.165, 1.54) is 12.0 Å². The van der Waals surface area contributed by atoms with E-state index in [4.69, 9.17) is 19.6 Å². The molecular formula is C22H15N3O5. The summed E-state index contributed by atoms with van der Waals surface area (Å²) in [6.07, 6.45) is 0. The lowest BCUT2D eigenvalue weighted by Gasteiger charge is -2.33. The summed E-state index contributed by atoms with van der Waals surface area (Å²) in [6, 6.07) is 13.8. The number of nitrogens with zero attached hydrogens (tertiary/aromatic N) is 2. The number of carbonyl (C=O) groups is 1. The van der Waals surface area contributed by atoms with E-state index in [1.807, 2.05) is 6.07 Å². The highest BCUT2D eigenvalue weighted by Gasteiger charge is 2.60. The lowest BCUT2D eigenvalue weighted by Crippen LogP contribution is -2.47. The Morgan fingerprint density at radius 2 is 1.97 bits per heavy atom. The molecule has 1 spiro atoms. The molecule has 30 heavy (non-hydrogen) atoms. The van der Waals surface area contributed by atoms with Gasteiger partial charge in [0.05, 0.1) is 12.5 Å². The molecule has 1 amide bonds. The van der Waals surface area contributed by atoms with Gasteiger partial charge in [0.25, 0.3) is 0 Å². The normalized spacial score (nSPS) is 19.5. The van der Waals surface area contributed by atoms with Crippen molar-refractivity contribution in [2.24, 2.45) is 5.73 Å². The van der Waals surface area contributed by atoms with E-state index < -0.39 is 16.9 Å². The molecular weight excluding hydrogens is 386 g/mol. The first-order valence-electron chi connectivity index (χ1n) is 9.06. The second-order valence-corrected chi connectivity index (χ2v) is 7.04. The Morgan fingerprint density at radius 1 is 1.20 bits per heavy atom. The van der Waals surface area contributed by atoms with Crippen molar-refractivity contribution in [2.75, 3.05) is 19.1 Å². The molecule has 8 nitrogen and oxygen atoms in total. The molecule has 0 fully saturated rings. The van der Waals surface area contributed by atoms with Crippen LogP contribution in [-0.4, -0.2) is 20.1 Å². The number of likely N-dealkylation sites (N-methyl/N-ethyl adjacent to an activating group) is 1. The number of ether oxygens (including phenoxy) is 2. The first-order chi connectivity index (χ1) is 14.4. The predicted molar refractivity (Wildman–Crippen MR) is 107 cm³/mol. The third-order valence-corrected chi connectivity index (χ3v) is 5.68. The van der Waals surface area contributed by atoms with E-state index in [9.17, 15) is 14.9 Å². The highest BCUT2D eigenvalue weighted by molar-refractivity contribution is 6.14. The number of fused-ring (bicyclic) bond motifs is 6. The van der Waals surface area contributed by atoms with Crippen LogP contribution in [0.3, 0.4) is 0 Å². The Hall–Kier alpha value is -4.25. The minimum absolute atomic E-state index is 0.0733. The van der Waals surface area contributed by atoms with E-state index in [-0.39, 0.29) is 28.4 Å². The first-order valence-corrected chi connectivity index (χ1v) is 9.06. The van der Waals surface area contributed by atoms with Gasteiger partial charge >= 0.3 is 5.63 Å². The second-order valence-electron chi connectivity index (χ2n) is 7.04. The van der Waals surface area contributed by atoms with Crippen LogP contribution < -0.4 is 25.7 Å². The van der Waals surface area contributed by atoms with Crippen LogP contribution in [0.15, 0.2) is 63.1 Å². The number of nitrogens with two attached hydrogens (primary N) is 1. The standard InChI is InChI=1S/C22H15N3O5/c1-25-15-8-7-11(28-2)9-13(15)22(21(25)27)14(10-23)19(24)30-18-12-5-3-4-6-16(12)29-20(26)17(18)22/h3-9H,24H2,1-2H3/t22-/m0/s1. The van der Waals surface area contributed by atoms with Crippen LogP contribution in [0.1, 0.15) is 11.1 Å². The largest absolute Gasteiger partial charge is 0.497 e. The number of amides is 1. The van der Waals surface area contributed by atoms with Gasteiger partial charge in [-0.15, -0.1) is 0 Å². The van der Waals surface area contributed by atoms with Crippen molar-refractivity contribution >= 4 is 22.6 Å². The summed E-state index contributed by atoms with van der Waals surface area (Å²) in [5.74, 6) is -0.170. The smallest absolute Gasteiger partial charge is 0.345 e. The third kappa shape index (κ3) is 1.93. The molecule has 0 radical (unpaired) electrons. The monoisotopic (exact) mass is 401 g/mol.